The second-order valence-electron chi connectivity index (χ2n) is 7.57. The lowest BCUT2D eigenvalue weighted by Crippen LogP contribution is -2.23. The van der Waals surface area contributed by atoms with Crippen molar-refractivity contribution in [3.05, 3.63) is 95.8 Å². The van der Waals surface area contributed by atoms with Crippen LogP contribution in [0.3, 0.4) is 0 Å². The van der Waals surface area contributed by atoms with E-state index < -0.39 is 0 Å². The van der Waals surface area contributed by atoms with Crippen molar-refractivity contribution in [1.82, 2.24) is 15.3 Å². The number of nitrogens with one attached hydrogen (secondary N) is 1. The van der Waals surface area contributed by atoms with Crippen molar-refractivity contribution in [2.24, 2.45) is 0 Å². The predicted octanol–water partition coefficient (Wildman–Crippen LogP) is 5.32. The highest BCUT2D eigenvalue weighted by Gasteiger charge is 2.13. The normalized spacial score (nSPS) is 10.4. The van der Waals surface area contributed by atoms with Gasteiger partial charge in [0.05, 0.1) is 14.2 Å². The third-order valence-corrected chi connectivity index (χ3v) is 5.13. The van der Waals surface area contributed by atoms with Gasteiger partial charge < -0.3 is 24.3 Å². The van der Waals surface area contributed by atoms with Crippen LogP contribution in [0.15, 0.2) is 79.1 Å². The van der Waals surface area contributed by atoms with E-state index in [2.05, 4.69) is 15.3 Å². The first kappa shape index (κ1) is 23.6. The topological polar surface area (TPSA) is 91.8 Å². The van der Waals surface area contributed by atoms with Crippen LogP contribution in [-0.4, -0.2) is 30.1 Å². The van der Waals surface area contributed by atoms with E-state index in [1.807, 2.05) is 43.3 Å². The average Bonchev–Trinajstić information content (AvgIpc) is 2.90. The minimum absolute atomic E-state index is 0.219. The molecule has 3 aromatic carbocycles. The fourth-order valence-electron chi connectivity index (χ4n) is 3.23. The fourth-order valence-corrected chi connectivity index (χ4v) is 3.23. The summed E-state index contributed by atoms with van der Waals surface area (Å²) in [7, 11) is 3.17. The molecule has 8 heteroatoms. The molecule has 0 fully saturated rings. The number of benzene rings is 3. The van der Waals surface area contributed by atoms with Gasteiger partial charge in [-0.2, -0.15) is 0 Å². The smallest absolute Gasteiger partial charge is 0.284 e. The number of ether oxygens (including phenoxy) is 4. The molecule has 0 atom stereocenters. The zero-order valence-electron chi connectivity index (χ0n) is 19.6. The Kier molecular flexibility index (Phi) is 7.42. The number of methoxy groups -OCH3 is 2. The molecule has 4 aromatic rings. The Bertz CT molecular complexity index is 1290. The number of aromatic nitrogens is 2. The zero-order valence-corrected chi connectivity index (χ0v) is 19.6. The van der Waals surface area contributed by atoms with Gasteiger partial charge >= 0.3 is 0 Å². The molecule has 0 saturated carbocycles. The van der Waals surface area contributed by atoms with Gasteiger partial charge in [0.2, 0.25) is 0 Å². The summed E-state index contributed by atoms with van der Waals surface area (Å²) in [5, 5.41) is 2.89. The van der Waals surface area contributed by atoms with Crippen LogP contribution in [0.25, 0.3) is 0 Å². The number of hydrogen-bond donors (Lipinski definition) is 1. The summed E-state index contributed by atoms with van der Waals surface area (Å²) in [6, 6.07) is 19.8. The van der Waals surface area contributed by atoms with Gasteiger partial charge in [-0.25, -0.2) is 9.97 Å². The fraction of sp³-hybridized carbons (Fsp3) is 0.148. The van der Waals surface area contributed by atoms with E-state index in [0.29, 0.717) is 35.1 Å². The number of carbonyl (C=O) groups is 1. The van der Waals surface area contributed by atoms with Crippen LogP contribution in [0.4, 0.5) is 0 Å². The molecule has 0 saturated heterocycles. The van der Waals surface area contributed by atoms with Crippen LogP contribution in [0, 0.1) is 6.92 Å². The number of nitrogens with zero attached hydrogens (tertiary/aromatic N) is 2. The number of aryl methyl sites for hydroxylation is 1. The van der Waals surface area contributed by atoms with E-state index in [4.69, 9.17) is 18.9 Å². The Morgan fingerprint density at radius 3 is 1.91 bits per heavy atom. The summed E-state index contributed by atoms with van der Waals surface area (Å²) < 4.78 is 22.3. The molecule has 1 heterocycles. The van der Waals surface area contributed by atoms with Crippen molar-refractivity contribution in [3.63, 3.8) is 0 Å². The lowest BCUT2D eigenvalue weighted by Gasteiger charge is -2.12. The summed E-state index contributed by atoms with van der Waals surface area (Å²) in [5.41, 5.74) is 2.45. The summed E-state index contributed by atoms with van der Waals surface area (Å²) in [6.45, 7) is 2.31. The van der Waals surface area contributed by atoms with Crippen molar-refractivity contribution in [2.75, 3.05) is 14.2 Å². The van der Waals surface area contributed by atoms with Crippen LogP contribution in [0.1, 0.15) is 21.5 Å². The molecule has 4 rings (SSSR count). The van der Waals surface area contributed by atoms with E-state index >= 15 is 0 Å². The van der Waals surface area contributed by atoms with Gasteiger partial charge in [-0.15, -0.1) is 0 Å². The summed E-state index contributed by atoms with van der Waals surface area (Å²) in [6.07, 6.45) is 3.05. The van der Waals surface area contributed by atoms with Crippen LogP contribution < -0.4 is 24.3 Å². The Hall–Kier alpha value is -4.59. The van der Waals surface area contributed by atoms with Crippen molar-refractivity contribution < 1.29 is 23.7 Å². The average molecular weight is 472 g/mol. The molecule has 35 heavy (non-hydrogen) atoms. The van der Waals surface area contributed by atoms with Gasteiger partial charge in [-0.3, -0.25) is 4.79 Å². The predicted molar refractivity (Wildman–Crippen MR) is 131 cm³/mol. The Morgan fingerprint density at radius 1 is 0.771 bits per heavy atom. The molecule has 0 aliphatic carbocycles. The molecule has 8 nitrogen and oxygen atoms in total. The maximum absolute atomic E-state index is 12.6. The second kappa shape index (κ2) is 11.0. The van der Waals surface area contributed by atoms with Gasteiger partial charge in [0, 0.05) is 36.1 Å². The van der Waals surface area contributed by atoms with E-state index in [-0.39, 0.29) is 17.7 Å². The van der Waals surface area contributed by atoms with Crippen LogP contribution in [0.5, 0.6) is 34.8 Å². The summed E-state index contributed by atoms with van der Waals surface area (Å²) >= 11 is 0. The maximum atomic E-state index is 12.6. The number of rotatable bonds is 9. The van der Waals surface area contributed by atoms with Crippen molar-refractivity contribution in [1.29, 1.82) is 0 Å². The van der Waals surface area contributed by atoms with E-state index in [1.54, 1.807) is 44.6 Å². The molecule has 1 N–H and O–H groups in total. The second-order valence-corrected chi connectivity index (χ2v) is 7.57. The third kappa shape index (κ3) is 6.05. The quantitative estimate of drug-likeness (QED) is 0.353. The maximum Gasteiger partial charge on any atom is 0.284 e. The van der Waals surface area contributed by atoms with E-state index in [0.717, 1.165) is 11.1 Å². The largest absolute Gasteiger partial charge is 0.497 e. The lowest BCUT2D eigenvalue weighted by molar-refractivity contribution is 0.0950. The van der Waals surface area contributed by atoms with Gasteiger partial charge in [0.25, 0.3) is 17.7 Å². The molecular weight excluding hydrogens is 446 g/mol. The Morgan fingerprint density at radius 2 is 1.34 bits per heavy atom. The lowest BCUT2D eigenvalue weighted by atomic mass is 10.1. The monoisotopic (exact) mass is 471 g/mol. The van der Waals surface area contributed by atoms with Crippen LogP contribution in [-0.2, 0) is 6.54 Å². The van der Waals surface area contributed by atoms with Gasteiger partial charge in [0.1, 0.15) is 23.0 Å². The highest BCUT2D eigenvalue weighted by molar-refractivity contribution is 5.94. The van der Waals surface area contributed by atoms with E-state index in [9.17, 15) is 4.79 Å². The SMILES string of the molecule is COc1ccc(CNC(=O)c2ccc(Oc3nccnc3Oc3ccc(C)cc3)cc2)c(OC)c1. The first-order valence-electron chi connectivity index (χ1n) is 10.9. The molecule has 0 bridgehead atoms. The molecular formula is C27H25N3O5. The number of amides is 1. The minimum Gasteiger partial charge on any atom is -0.497 e. The molecule has 1 aromatic heterocycles. The molecule has 0 spiro atoms. The zero-order chi connectivity index (χ0) is 24.6. The highest BCUT2D eigenvalue weighted by Crippen LogP contribution is 2.31. The molecule has 0 radical (unpaired) electrons. The van der Waals surface area contributed by atoms with Crippen molar-refractivity contribution in [3.8, 4) is 34.8 Å². The van der Waals surface area contributed by atoms with Gasteiger partial charge in [0.15, 0.2) is 0 Å². The van der Waals surface area contributed by atoms with Crippen LogP contribution in [0.2, 0.25) is 0 Å². The number of carbonyl (C=O) groups excluding carboxylic acids is 1. The van der Waals surface area contributed by atoms with E-state index in [1.165, 1.54) is 12.4 Å². The standard InChI is InChI=1S/C27H25N3O5/c1-18-4-9-21(10-5-18)34-26-27(29-15-14-28-26)35-22-11-6-19(7-12-22)25(31)30-17-20-8-13-23(32-2)16-24(20)33-3/h4-16H,17H2,1-3H3,(H,30,31). The molecule has 1 amide bonds. The Balaban J connectivity index is 1.40. The molecule has 0 aliphatic rings. The first-order valence-corrected chi connectivity index (χ1v) is 10.9. The summed E-state index contributed by atoms with van der Waals surface area (Å²) in [5.74, 6) is 2.68. The highest BCUT2D eigenvalue weighted by atomic mass is 16.5. The first-order chi connectivity index (χ1) is 17.1. The molecule has 0 aliphatic heterocycles. The number of hydrogen-bond acceptors (Lipinski definition) is 7. The Labute approximate surface area is 203 Å². The van der Waals surface area contributed by atoms with Crippen LogP contribution >= 0.6 is 0 Å². The third-order valence-electron chi connectivity index (χ3n) is 5.13. The summed E-state index contributed by atoms with van der Waals surface area (Å²) in [4.78, 5) is 21.1. The van der Waals surface area contributed by atoms with Gasteiger partial charge in [-0.05, 0) is 55.5 Å². The van der Waals surface area contributed by atoms with Crippen molar-refractivity contribution >= 4 is 5.91 Å². The van der Waals surface area contributed by atoms with Gasteiger partial charge in [-0.1, -0.05) is 17.7 Å². The van der Waals surface area contributed by atoms with Crippen molar-refractivity contribution in [2.45, 2.75) is 13.5 Å². The molecule has 178 valence electrons. The molecule has 0 unspecified atom stereocenters. The minimum atomic E-state index is -0.225.